The molecule has 0 bridgehead atoms. The Labute approximate surface area is 105 Å². The smallest absolute Gasteiger partial charge is 0.302 e. The van der Waals surface area contributed by atoms with E-state index in [1.807, 2.05) is 6.07 Å². The molecule has 8 nitrogen and oxygen atoms in total. The van der Waals surface area contributed by atoms with Crippen LogP contribution in [0.2, 0.25) is 0 Å². The number of morpholine rings is 1. The number of nitriles is 1. The van der Waals surface area contributed by atoms with Crippen LogP contribution < -0.4 is 4.72 Å². The van der Waals surface area contributed by atoms with Gasteiger partial charge in [0, 0.05) is 20.1 Å². The summed E-state index contributed by atoms with van der Waals surface area (Å²) in [6.45, 7) is 1.35. The third-order valence-corrected chi connectivity index (χ3v) is 4.09. The van der Waals surface area contributed by atoms with E-state index in [2.05, 4.69) is 9.82 Å². The zero-order valence-corrected chi connectivity index (χ0v) is 10.6. The van der Waals surface area contributed by atoms with Gasteiger partial charge in [0.2, 0.25) is 0 Å². The van der Waals surface area contributed by atoms with Crippen LogP contribution in [0.3, 0.4) is 0 Å². The number of ether oxygens (including phenoxy) is 1. The fraction of sp³-hybridized carbons (Fsp3) is 0.556. The van der Waals surface area contributed by atoms with Gasteiger partial charge in [-0.1, -0.05) is 0 Å². The van der Waals surface area contributed by atoms with Crippen molar-refractivity contribution in [2.75, 3.05) is 31.0 Å². The Morgan fingerprint density at radius 3 is 2.78 bits per heavy atom. The van der Waals surface area contributed by atoms with E-state index in [0.717, 1.165) is 0 Å². The minimum Gasteiger partial charge on any atom is -0.379 e. The van der Waals surface area contributed by atoms with E-state index in [0.29, 0.717) is 26.3 Å². The summed E-state index contributed by atoms with van der Waals surface area (Å²) in [4.78, 5) is 0. The van der Waals surface area contributed by atoms with E-state index < -0.39 is 10.2 Å². The fourth-order valence-corrected chi connectivity index (χ4v) is 2.86. The molecule has 0 amide bonds. The van der Waals surface area contributed by atoms with Gasteiger partial charge in [-0.25, -0.2) is 0 Å². The summed E-state index contributed by atoms with van der Waals surface area (Å²) in [5.41, 5.74) is 0.189. The van der Waals surface area contributed by atoms with Gasteiger partial charge in [0.15, 0.2) is 5.82 Å². The molecule has 0 spiro atoms. The van der Waals surface area contributed by atoms with Crippen LogP contribution in [0, 0.1) is 11.3 Å². The lowest BCUT2D eigenvalue weighted by Crippen LogP contribution is -2.43. The highest BCUT2D eigenvalue weighted by atomic mass is 32.2. The molecule has 1 aromatic rings. The molecule has 0 atom stereocenters. The average Bonchev–Trinajstić information content (AvgIpc) is 2.71. The second-order valence-electron chi connectivity index (χ2n) is 3.76. The molecular formula is C9H13N5O3S. The predicted octanol–water partition coefficient (Wildman–Crippen LogP) is -0.719. The second kappa shape index (κ2) is 4.93. The van der Waals surface area contributed by atoms with Crippen LogP contribution in [-0.4, -0.2) is 48.8 Å². The van der Waals surface area contributed by atoms with Crippen molar-refractivity contribution in [1.29, 1.82) is 5.26 Å². The zero-order chi connectivity index (χ0) is 13.2. The summed E-state index contributed by atoms with van der Waals surface area (Å²) in [5.74, 6) is 0.170. The topological polar surface area (TPSA) is 100 Å². The van der Waals surface area contributed by atoms with Crippen molar-refractivity contribution < 1.29 is 13.2 Å². The number of aromatic nitrogens is 2. The van der Waals surface area contributed by atoms with E-state index in [1.165, 1.54) is 15.2 Å². The van der Waals surface area contributed by atoms with E-state index in [1.54, 1.807) is 7.05 Å². The lowest BCUT2D eigenvalue weighted by molar-refractivity contribution is 0.0733. The molecule has 1 aliphatic heterocycles. The van der Waals surface area contributed by atoms with Crippen molar-refractivity contribution in [3.8, 4) is 6.07 Å². The zero-order valence-electron chi connectivity index (χ0n) is 9.83. The van der Waals surface area contributed by atoms with Gasteiger partial charge in [-0.2, -0.15) is 23.1 Å². The Bertz CT molecular complexity index is 568. The first kappa shape index (κ1) is 12.8. The van der Waals surface area contributed by atoms with Crippen LogP contribution in [0.25, 0.3) is 0 Å². The number of nitrogens with one attached hydrogen (secondary N) is 1. The molecule has 1 fully saturated rings. The third-order valence-electron chi connectivity index (χ3n) is 2.59. The molecule has 0 aromatic carbocycles. The number of aryl methyl sites for hydroxylation is 1. The molecule has 1 aliphatic rings. The molecule has 1 aromatic heterocycles. The summed E-state index contributed by atoms with van der Waals surface area (Å²) < 4.78 is 34.2. The second-order valence-corrected chi connectivity index (χ2v) is 5.43. The summed E-state index contributed by atoms with van der Waals surface area (Å²) in [6.07, 6.45) is 1.32. The number of anilines is 1. The van der Waals surface area contributed by atoms with Gasteiger partial charge in [-0.05, 0) is 0 Å². The van der Waals surface area contributed by atoms with Crippen molar-refractivity contribution in [3.63, 3.8) is 0 Å². The van der Waals surface area contributed by atoms with Gasteiger partial charge in [-0.15, -0.1) is 0 Å². The third kappa shape index (κ3) is 2.45. The molecule has 1 saturated heterocycles. The lowest BCUT2D eigenvalue weighted by atomic mass is 10.4. The highest BCUT2D eigenvalue weighted by Crippen LogP contribution is 2.16. The first-order chi connectivity index (χ1) is 8.54. The highest BCUT2D eigenvalue weighted by Gasteiger charge is 2.26. The van der Waals surface area contributed by atoms with Crippen molar-refractivity contribution in [2.45, 2.75) is 0 Å². The minimum absolute atomic E-state index is 0.170. The Hall–Kier alpha value is -1.63. The maximum absolute atomic E-state index is 12.1. The van der Waals surface area contributed by atoms with Gasteiger partial charge in [0.25, 0.3) is 0 Å². The van der Waals surface area contributed by atoms with Gasteiger partial charge in [-0.3, -0.25) is 9.40 Å². The van der Waals surface area contributed by atoms with Crippen LogP contribution in [0.5, 0.6) is 0 Å². The molecule has 18 heavy (non-hydrogen) atoms. The normalized spacial score (nSPS) is 17.3. The first-order valence-corrected chi connectivity index (χ1v) is 6.76. The summed E-state index contributed by atoms with van der Waals surface area (Å²) in [5, 5.41) is 12.7. The molecule has 0 radical (unpaired) electrons. The maximum Gasteiger partial charge on any atom is 0.302 e. The quantitative estimate of drug-likeness (QED) is 0.782. The highest BCUT2D eigenvalue weighted by molar-refractivity contribution is 7.90. The molecule has 9 heteroatoms. The largest absolute Gasteiger partial charge is 0.379 e. The van der Waals surface area contributed by atoms with Gasteiger partial charge in [0.05, 0.1) is 19.4 Å². The molecule has 2 rings (SSSR count). The van der Waals surface area contributed by atoms with Crippen LogP contribution in [-0.2, 0) is 22.0 Å². The lowest BCUT2D eigenvalue weighted by Gasteiger charge is -2.26. The molecule has 0 saturated carbocycles. The van der Waals surface area contributed by atoms with Crippen LogP contribution >= 0.6 is 0 Å². The Morgan fingerprint density at radius 2 is 2.17 bits per heavy atom. The summed E-state index contributed by atoms with van der Waals surface area (Å²) >= 11 is 0. The standard InChI is InChI=1S/C9H13N5O3S/c1-13-9(8(6-10)7-11-13)12-18(15,16)14-2-4-17-5-3-14/h7,12H,2-5H2,1H3. The number of nitrogens with zero attached hydrogens (tertiary/aromatic N) is 4. The number of rotatable bonds is 3. The number of hydrogen-bond acceptors (Lipinski definition) is 5. The molecule has 2 heterocycles. The average molecular weight is 271 g/mol. The maximum atomic E-state index is 12.1. The summed E-state index contributed by atoms with van der Waals surface area (Å²) in [7, 11) is -2.10. The Kier molecular flexibility index (Phi) is 3.51. The fourth-order valence-electron chi connectivity index (χ4n) is 1.61. The number of hydrogen-bond donors (Lipinski definition) is 1. The van der Waals surface area contributed by atoms with E-state index >= 15 is 0 Å². The van der Waals surface area contributed by atoms with Crippen molar-refractivity contribution in [1.82, 2.24) is 14.1 Å². The monoisotopic (exact) mass is 271 g/mol. The van der Waals surface area contributed by atoms with Gasteiger partial charge >= 0.3 is 10.2 Å². The molecule has 0 unspecified atom stereocenters. The molecule has 98 valence electrons. The predicted molar refractivity (Wildman–Crippen MR) is 62.9 cm³/mol. The first-order valence-electron chi connectivity index (χ1n) is 5.32. The Balaban J connectivity index is 2.22. The van der Waals surface area contributed by atoms with Gasteiger partial charge in [0.1, 0.15) is 11.6 Å². The van der Waals surface area contributed by atoms with Gasteiger partial charge < -0.3 is 4.74 Å². The van der Waals surface area contributed by atoms with Crippen molar-refractivity contribution >= 4 is 16.0 Å². The van der Waals surface area contributed by atoms with E-state index in [-0.39, 0.29) is 11.4 Å². The molecule has 0 aliphatic carbocycles. The van der Waals surface area contributed by atoms with E-state index in [4.69, 9.17) is 10.00 Å². The molecule has 1 N–H and O–H groups in total. The van der Waals surface area contributed by atoms with Crippen LogP contribution in [0.1, 0.15) is 5.56 Å². The minimum atomic E-state index is -3.67. The molecular weight excluding hydrogens is 258 g/mol. The Morgan fingerprint density at radius 1 is 1.50 bits per heavy atom. The summed E-state index contributed by atoms with van der Waals surface area (Å²) in [6, 6.07) is 1.89. The van der Waals surface area contributed by atoms with Crippen molar-refractivity contribution in [3.05, 3.63) is 11.8 Å². The van der Waals surface area contributed by atoms with Crippen LogP contribution in [0.15, 0.2) is 6.20 Å². The van der Waals surface area contributed by atoms with Crippen molar-refractivity contribution in [2.24, 2.45) is 7.05 Å². The van der Waals surface area contributed by atoms with E-state index in [9.17, 15) is 8.42 Å². The van der Waals surface area contributed by atoms with Crippen LogP contribution in [0.4, 0.5) is 5.82 Å². The SMILES string of the molecule is Cn1ncc(C#N)c1NS(=O)(=O)N1CCOCC1.